The van der Waals surface area contributed by atoms with Gasteiger partial charge in [0.25, 0.3) is 0 Å². The first kappa shape index (κ1) is 12.5. The zero-order chi connectivity index (χ0) is 11.3. The number of hydrogen-bond donors (Lipinski definition) is 1. The summed E-state index contributed by atoms with van der Waals surface area (Å²) in [6, 6.07) is 7.46. The first-order valence-corrected chi connectivity index (χ1v) is 6.10. The van der Waals surface area contributed by atoms with E-state index in [-0.39, 0.29) is 5.75 Å². The molecule has 0 fully saturated rings. The van der Waals surface area contributed by atoms with Gasteiger partial charge >= 0.3 is 5.97 Å². The maximum Gasteiger partial charge on any atom is 0.306 e. The molecular weight excluding hydrogens is 283 g/mol. The first-order chi connectivity index (χ1) is 7.08. The van der Waals surface area contributed by atoms with Crippen LogP contribution in [0.3, 0.4) is 0 Å². The number of halogens is 2. The third kappa shape index (κ3) is 5.18. The van der Waals surface area contributed by atoms with E-state index < -0.39 is 18.6 Å². The molecule has 1 unspecified atom stereocenters. The van der Waals surface area contributed by atoms with Gasteiger partial charge in [0.2, 0.25) is 0 Å². The number of aliphatic carboxylic acids is 1. The van der Waals surface area contributed by atoms with E-state index in [1.165, 1.54) is 11.8 Å². The van der Waals surface area contributed by atoms with Gasteiger partial charge in [0.15, 0.2) is 0 Å². The van der Waals surface area contributed by atoms with Gasteiger partial charge in [-0.05, 0) is 24.3 Å². The molecule has 0 bridgehead atoms. The monoisotopic (exact) mass is 292 g/mol. The van der Waals surface area contributed by atoms with Crippen molar-refractivity contribution in [1.29, 1.82) is 0 Å². The minimum Gasteiger partial charge on any atom is -0.481 e. The summed E-state index contributed by atoms with van der Waals surface area (Å²) in [7, 11) is 0. The molecule has 1 aromatic rings. The van der Waals surface area contributed by atoms with Crippen molar-refractivity contribution < 1.29 is 14.3 Å². The minimum absolute atomic E-state index is 0.175. The topological polar surface area (TPSA) is 37.3 Å². The summed E-state index contributed by atoms with van der Waals surface area (Å²) in [5, 5.41) is 8.36. The van der Waals surface area contributed by atoms with E-state index in [4.69, 9.17) is 5.11 Å². The Balaban J connectivity index is 2.36. The third-order valence-electron chi connectivity index (χ3n) is 1.64. The highest BCUT2D eigenvalue weighted by Gasteiger charge is 2.11. The molecule has 0 aliphatic heterocycles. The van der Waals surface area contributed by atoms with Gasteiger partial charge in [0.05, 0.1) is 6.42 Å². The largest absolute Gasteiger partial charge is 0.481 e. The van der Waals surface area contributed by atoms with Crippen LogP contribution in [0.1, 0.15) is 6.42 Å². The molecule has 0 saturated heterocycles. The van der Waals surface area contributed by atoms with Crippen LogP contribution >= 0.6 is 27.7 Å². The summed E-state index contributed by atoms with van der Waals surface area (Å²) in [4.78, 5) is 11.1. The van der Waals surface area contributed by atoms with Gasteiger partial charge in [-0.3, -0.25) is 4.79 Å². The van der Waals surface area contributed by atoms with E-state index in [9.17, 15) is 9.18 Å². The van der Waals surface area contributed by atoms with Gasteiger partial charge < -0.3 is 5.11 Å². The fourth-order valence-electron chi connectivity index (χ4n) is 0.966. The van der Waals surface area contributed by atoms with Crippen LogP contribution in [0.5, 0.6) is 0 Å². The van der Waals surface area contributed by atoms with Crippen molar-refractivity contribution in [3.8, 4) is 0 Å². The molecule has 1 atom stereocenters. The van der Waals surface area contributed by atoms with Gasteiger partial charge in [-0.2, -0.15) is 0 Å². The lowest BCUT2D eigenvalue weighted by atomic mass is 10.3. The van der Waals surface area contributed by atoms with Crippen LogP contribution < -0.4 is 0 Å². The maximum absolute atomic E-state index is 13.0. The molecule has 1 aromatic carbocycles. The van der Waals surface area contributed by atoms with E-state index in [0.717, 1.165) is 9.37 Å². The van der Waals surface area contributed by atoms with E-state index in [1.54, 1.807) is 0 Å². The summed E-state index contributed by atoms with van der Waals surface area (Å²) in [6.07, 6.45) is -1.72. The molecule has 0 aromatic heterocycles. The lowest BCUT2D eigenvalue weighted by Gasteiger charge is -2.04. The number of benzene rings is 1. The number of alkyl halides is 1. The molecule has 1 rings (SSSR count). The summed E-state index contributed by atoms with van der Waals surface area (Å²) < 4.78 is 14.0. The highest BCUT2D eigenvalue weighted by molar-refractivity contribution is 9.10. The van der Waals surface area contributed by atoms with E-state index in [2.05, 4.69) is 15.9 Å². The van der Waals surface area contributed by atoms with Crippen molar-refractivity contribution in [3.05, 3.63) is 28.7 Å². The van der Waals surface area contributed by atoms with Crippen LogP contribution in [0.2, 0.25) is 0 Å². The second kappa shape index (κ2) is 6.12. The fraction of sp³-hybridized carbons (Fsp3) is 0.300. The number of carbonyl (C=O) groups is 1. The van der Waals surface area contributed by atoms with E-state index in [0.29, 0.717) is 0 Å². The second-order valence-electron chi connectivity index (χ2n) is 2.96. The molecular formula is C10H10BrFO2S. The van der Waals surface area contributed by atoms with Gasteiger partial charge in [0, 0.05) is 15.1 Å². The lowest BCUT2D eigenvalue weighted by molar-refractivity contribution is -0.138. The highest BCUT2D eigenvalue weighted by Crippen LogP contribution is 2.22. The quantitative estimate of drug-likeness (QED) is 0.846. The Bertz CT molecular complexity index is 329. The van der Waals surface area contributed by atoms with Gasteiger partial charge in [-0.15, -0.1) is 11.8 Å². The molecule has 0 amide bonds. The van der Waals surface area contributed by atoms with Crippen LogP contribution in [-0.2, 0) is 4.79 Å². The normalized spacial score (nSPS) is 12.4. The molecule has 0 saturated carbocycles. The molecule has 82 valence electrons. The second-order valence-corrected chi connectivity index (χ2v) is 4.97. The van der Waals surface area contributed by atoms with Crippen LogP contribution in [0, 0.1) is 0 Å². The van der Waals surface area contributed by atoms with E-state index >= 15 is 0 Å². The van der Waals surface area contributed by atoms with Crippen molar-refractivity contribution in [2.45, 2.75) is 17.5 Å². The fourth-order valence-corrected chi connectivity index (χ4v) is 2.05. The molecule has 0 heterocycles. The first-order valence-electron chi connectivity index (χ1n) is 4.32. The molecule has 1 N–H and O–H groups in total. The number of carboxylic acids is 1. The maximum atomic E-state index is 13.0. The molecule has 0 aliphatic carbocycles. The third-order valence-corrected chi connectivity index (χ3v) is 3.30. The summed E-state index contributed by atoms with van der Waals surface area (Å²) in [6.45, 7) is 0. The molecule has 5 heteroatoms. The summed E-state index contributed by atoms with van der Waals surface area (Å²) in [5.74, 6) is -0.924. The molecule has 0 aliphatic rings. The SMILES string of the molecule is O=C(O)CC(F)CSc1ccc(Br)cc1. The molecule has 0 spiro atoms. The Kier molecular flexibility index (Phi) is 5.11. The van der Waals surface area contributed by atoms with Gasteiger partial charge in [-0.25, -0.2) is 4.39 Å². The summed E-state index contributed by atoms with van der Waals surface area (Å²) in [5.41, 5.74) is 0. The number of hydrogen-bond acceptors (Lipinski definition) is 2. The van der Waals surface area contributed by atoms with Crippen LogP contribution in [-0.4, -0.2) is 23.0 Å². The average Bonchev–Trinajstić information content (AvgIpc) is 2.16. The standard InChI is InChI=1S/C10H10BrFO2S/c11-7-1-3-9(4-2-7)15-6-8(12)5-10(13)14/h1-4,8H,5-6H2,(H,13,14). The Labute approximate surface area is 100 Å². The van der Waals surface area contributed by atoms with Crippen LogP contribution in [0.15, 0.2) is 33.6 Å². The van der Waals surface area contributed by atoms with Crippen LogP contribution in [0.4, 0.5) is 4.39 Å². The Morgan fingerprint density at radius 3 is 2.60 bits per heavy atom. The van der Waals surface area contributed by atoms with Crippen molar-refractivity contribution in [3.63, 3.8) is 0 Å². The average molecular weight is 293 g/mol. The van der Waals surface area contributed by atoms with Gasteiger partial charge in [-0.1, -0.05) is 15.9 Å². The van der Waals surface area contributed by atoms with Crippen molar-refractivity contribution in [1.82, 2.24) is 0 Å². The van der Waals surface area contributed by atoms with Crippen molar-refractivity contribution >= 4 is 33.7 Å². The summed E-state index contributed by atoms with van der Waals surface area (Å²) >= 11 is 4.62. The molecule has 15 heavy (non-hydrogen) atoms. The predicted molar refractivity (Wildman–Crippen MR) is 62.0 cm³/mol. The van der Waals surface area contributed by atoms with Crippen LogP contribution in [0.25, 0.3) is 0 Å². The molecule has 0 radical (unpaired) electrons. The minimum atomic E-state index is -1.30. The van der Waals surface area contributed by atoms with Gasteiger partial charge in [0.1, 0.15) is 6.17 Å². The predicted octanol–water partition coefficient (Wildman–Crippen LogP) is 3.35. The highest BCUT2D eigenvalue weighted by atomic mass is 79.9. The van der Waals surface area contributed by atoms with Crippen molar-refractivity contribution in [2.75, 3.05) is 5.75 Å². The zero-order valence-electron chi connectivity index (χ0n) is 7.82. The Morgan fingerprint density at radius 1 is 1.47 bits per heavy atom. The Morgan fingerprint density at radius 2 is 2.07 bits per heavy atom. The Hall–Kier alpha value is -0.550. The number of carboxylic acid groups (broad SMARTS) is 1. The molecule has 2 nitrogen and oxygen atoms in total. The number of rotatable bonds is 5. The lowest BCUT2D eigenvalue weighted by Crippen LogP contribution is -2.10. The smallest absolute Gasteiger partial charge is 0.306 e. The van der Waals surface area contributed by atoms with Crippen molar-refractivity contribution in [2.24, 2.45) is 0 Å². The number of thioether (sulfide) groups is 1. The van der Waals surface area contributed by atoms with E-state index in [1.807, 2.05) is 24.3 Å². The zero-order valence-corrected chi connectivity index (χ0v) is 10.2.